The lowest BCUT2D eigenvalue weighted by molar-refractivity contribution is -0.146. The Labute approximate surface area is 189 Å². The van der Waals surface area contributed by atoms with E-state index in [-0.39, 0.29) is 18.9 Å². The Morgan fingerprint density at radius 3 is 2.34 bits per heavy atom. The minimum Gasteiger partial charge on any atom is -0.480 e. The van der Waals surface area contributed by atoms with E-state index in [2.05, 4.69) is 10.6 Å². The molecule has 0 saturated carbocycles. The van der Waals surface area contributed by atoms with Crippen molar-refractivity contribution >= 4 is 23.7 Å². The first kappa shape index (κ1) is 27.8. The van der Waals surface area contributed by atoms with E-state index in [4.69, 9.17) is 11.5 Å². The van der Waals surface area contributed by atoms with Gasteiger partial charge in [-0.2, -0.15) is 0 Å². The zero-order valence-electron chi connectivity index (χ0n) is 19.3. The summed E-state index contributed by atoms with van der Waals surface area (Å²) in [6.45, 7) is 5.77. The van der Waals surface area contributed by atoms with Crippen LogP contribution in [0.4, 0.5) is 0 Å². The van der Waals surface area contributed by atoms with Crippen molar-refractivity contribution in [3.63, 3.8) is 0 Å². The van der Waals surface area contributed by atoms with Crippen molar-refractivity contribution in [1.29, 1.82) is 0 Å². The third-order valence-corrected chi connectivity index (χ3v) is 6.01. The van der Waals surface area contributed by atoms with Crippen molar-refractivity contribution in [3.8, 4) is 0 Å². The van der Waals surface area contributed by atoms with Crippen LogP contribution in [0.1, 0.15) is 59.3 Å². The fraction of sp³-hybridized carbons (Fsp3) is 0.810. The molecule has 1 rings (SSSR count). The number of unbranched alkanes of at least 4 members (excludes halogenated alkanes) is 1. The first-order chi connectivity index (χ1) is 15.0. The average Bonchev–Trinajstić information content (AvgIpc) is 3.24. The maximum Gasteiger partial charge on any atom is 0.326 e. The second-order valence-electron chi connectivity index (χ2n) is 8.51. The normalized spacial score (nSPS) is 20.7. The Bertz CT molecular complexity index is 659. The molecule has 0 radical (unpaired) electrons. The summed E-state index contributed by atoms with van der Waals surface area (Å²) in [5.74, 6) is -2.98. The van der Waals surface area contributed by atoms with E-state index in [9.17, 15) is 29.4 Å². The third-order valence-electron chi connectivity index (χ3n) is 6.01. The van der Waals surface area contributed by atoms with Crippen LogP contribution in [0.25, 0.3) is 0 Å². The van der Waals surface area contributed by atoms with E-state index in [0.29, 0.717) is 38.6 Å². The molecule has 32 heavy (non-hydrogen) atoms. The number of carboxylic acid groups (broad SMARTS) is 1. The van der Waals surface area contributed by atoms with Gasteiger partial charge in [0, 0.05) is 6.54 Å². The van der Waals surface area contributed by atoms with Crippen LogP contribution in [0.5, 0.6) is 0 Å². The van der Waals surface area contributed by atoms with Gasteiger partial charge in [-0.3, -0.25) is 14.4 Å². The number of aliphatic hydroxyl groups excluding tert-OH is 1. The number of likely N-dealkylation sites (tertiary alicyclic amines) is 1. The Morgan fingerprint density at radius 1 is 1.16 bits per heavy atom. The van der Waals surface area contributed by atoms with E-state index < -0.39 is 54.0 Å². The van der Waals surface area contributed by atoms with Crippen LogP contribution < -0.4 is 22.1 Å². The number of hydrogen-bond acceptors (Lipinski definition) is 7. The molecule has 0 spiro atoms. The van der Waals surface area contributed by atoms with Crippen LogP contribution in [-0.4, -0.2) is 82.2 Å². The molecule has 11 nitrogen and oxygen atoms in total. The summed E-state index contributed by atoms with van der Waals surface area (Å²) in [5.41, 5.74) is 11.4. The maximum absolute atomic E-state index is 13.1. The van der Waals surface area contributed by atoms with Gasteiger partial charge < -0.3 is 37.2 Å². The van der Waals surface area contributed by atoms with Crippen molar-refractivity contribution in [1.82, 2.24) is 15.5 Å². The molecule has 3 amide bonds. The second kappa shape index (κ2) is 13.3. The van der Waals surface area contributed by atoms with Crippen molar-refractivity contribution in [2.75, 3.05) is 13.1 Å². The Kier molecular flexibility index (Phi) is 11.6. The summed E-state index contributed by atoms with van der Waals surface area (Å²) < 4.78 is 0. The Morgan fingerprint density at radius 2 is 1.81 bits per heavy atom. The smallest absolute Gasteiger partial charge is 0.326 e. The predicted molar refractivity (Wildman–Crippen MR) is 118 cm³/mol. The number of amides is 3. The lowest BCUT2D eigenvalue weighted by atomic mass is 9.98. The van der Waals surface area contributed by atoms with Crippen LogP contribution in [0.3, 0.4) is 0 Å². The summed E-state index contributed by atoms with van der Waals surface area (Å²) >= 11 is 0. The number of carbonyl (C=O) groups excluding carboxylic acids is 3. The summed E-state index contributed by atoms with van der Waals surface area (Å²) in [7, 11) is 0. The molecule has 1 fully saturated rings. The summed E-state index contributed by atoms with van der Waals surface area (Å²) in [6, 6.07) is -4.05. The van der Waals surface area contributed by atoms with Gasteiger partial charge in [-0.15, -0.1) is 0 Å². The van der Waals surface area contributed by atoms with Crippen LogP contribution in [0.2, 0.25) is 0 Å². The minimum absolute atomic E-state index is 0.114. The van der Waals surface area contributed by atoms with Crippen molar-refractivity contribution < 1.29 is 29.4 Å². The van der Waals surface area contributed by atoms with Gasteiger partial charge in [0.25, 0.3) is 0 Å². The molecule has 0 aromatic heterocycles. The number of carbonyl (C=O) groups is 4. The Hall–Kier alpha value is -2.24. The fourth-order valence-corrected chi connectivity index (χ4v) is 3.65. The SMILES string of the molecule is CCC(C)C(N)C(=O)NC(C(=O)N1CCCC1C(=O)NC(CCCCN)C(=O)O)C(C)O. The monoisotopic (exact) mass is 457 g/mol. The molecule has 11 heteroatoms. The molecule has 1 heterocycles. The van der Waals surface area contributed by atoms with Gasteiger partial charge in [0.2, 0.25) is 17.7 Å². The highest BCUT2D eigenvalue weighted by atomic mass is 16.4. The fourth-order valence-electron chi connectivity index (χ4n) is 3.65. The largest absolute Gasteiger partial charge is 0.480 e. The van der Waals surface area contributed by atoms with Crippen molar-refractivity contribution in [2.45, 2.75) is 89.6 Å². The number of aliphatic hydroxyl groups is 1. The highest BCUT2D eigenvalue weighted by molar-refractivity contribution is 5.94. The predicted octanol–water partition coefficient (Wildman–Crippen LogP) is -1.09. The number of nitrogens with two attached hydrogens (primary N) is 2. The quantitative estimate of drug-likeness (QED) is 0.188. The minimum atomic E-state index is -1.26. The number of hydrogen-bond donors (Lipinski definition) is 6. The van der Waals surface area contributed by atoms with E-state index >= 15 is 0 Å². The molecule has 1 aliphatic rings. The first-order valence-electron chi connectivity index (χ1n) is 11.3. The van der Waals surface area contributed by atoms with Gasteiger partial charge in [0.05, 0.1) is 12.1 Å². The second-order valence-corrected chi connectivity index (χ2v) is 8.51. The number of nitrogens with one attached hydrogen (secondary N) is 2. The lowest BCUT2D eigenvalue weighted by Gasteiger charge is -2.31. The molecule has 0 aromatic carbocycles. The zero-order valence-corrected chi connectivity index (χ0v) is 19.3. The van der Waals surface area contributed by atoms with E-state index in [1.165, 1.54) is 11.8 Å². The van der Waals surface area contributed by atoms with Crippen LogP contribution in [0.15, 0.2) is 0 Å². The topological polar surface area (TPSA) is 188 Å². The average molecular weight is 458 g/mol. The van der Waals surface area contributed by atoms with Gasteiger partial charge >= 0.3 is 5.97 Å². The van der Waals surface area contributed by atoms with Gasteiger partial charge in [0.1, 0.15) is 18.1 Å². The summed E-state index contributed by atoms with van der Waals surface area (Å²) in [6.07, 6.45) is 1.80. The maximum atomic E-state index is 13.1. The molecule has 0 aromatic rings. The molecule has 0 bridgehead atoms. The third kappa shape index (κ3) is 7.72. The zero-order chi connectivity index (χ0) is 24.4. The highest BCUT2D eigenvalue weighted by Gasteiger charge is 2.40. The number of nitrogens with zero attached hydrogens (tertiary/aromatic N) is 1. The Balaban J connectivity index is 2.89. The highest BCUT2D eigenvalue weighted by Crippen LogP contribution is 2.20. The number of rotatable bonds is 13. The van der Waals surface area contributed by atoms with Crippen LogP contribution in [0, 0.1) is 5.92 Å². The molecule has 0 aliphatic carbocycles. The lowest BCUT2D eigenvalue weighted by Crippen LogP contribution is -2.60. The van der Waals surface area contributed by atoms with E-state index in [1.807, 2.05) is 13.8 Å². The molecule has 1 saturated heterocycles. The molecule has 6 unspecified atom stereocenters. The summed E-state index contributed by atoms with van der Waals surface area (Å²) in [5, 5.41) is 24.6. The van der Waals surface area contributed by atoms with Gasteiger partial charge in [-0.05, 0) is 51.5 Å². The van der Waals surface area contributed by atoms with Gasteiger partial charge in [-0.1, -0.05) is 20.3 Å². The van der Waals surface area contributed by atoms with Gasteiger partial charge in [-0.25, -0.2) is 4.79 Å². The molecule has 6 atom stereocenters. The van der Waals surface area contributed by atoms with E-state index in [1.54, 1.807) is 0 Å². The van der Waals surface area contributed by atoms with Crippen LogP contribution in [-0.2, 0) is 19.2 Å². The standard InChI is InChI=1S/C21H39N5O6/c1-4-12(2)16(23)19(29)25-17(13(3)27)20(30)26-11-7-9-15(26)18(28)24-14(21(31)32)8-5-6-10-22/h12-17,27H,4-11,22-23H2,1-3H3,(H,24,28)(H,25,29)(H,31,32). The molecule has 184 valence electrons. The van der Waals surface area contributed by atoms with Crippen molar-refractivity contribution in [3.05, 3.63) is 0 Å². The molecule has 1 aliphatic heterocycles. The number of aliphatic carboxylic acids is 1. The molecule has 8 N–H and O–H groups in total. The van der Waals surface area contributed by atoms with Crippen molar-refractivity contribution in [2.24, 2.45) is 17.4 Å². The number of carboxylic acids is 1. The first-order valence-corrected chi connectivity index (χ1v) is 11.3. The molecular formula is C21H39N5O6. The van der Waals surface area contributed by atoms with Crippen LogP contribution >= 0.6 is 0 Å². The summed E-state index contributed by atoms with van der Waals surface area (Å²) in [4.78, 5) is 51.2. The molecular weight excluding hydrogens is 418 g/mol. The van der Waals surface area contributed by atoms with E-state index in [0.717, 1.165) is 0 Å². The van der Waals surface area contributed by atoms with Gasteiger partial charge in [0.15, 0.2) is 0 Å².